The highest BCUT2D eigenvalue weighted by Gasteiger charge is 2.57. The zero-order valence-corrected chi connectivity index (χ0v) is 15.6. The third-order valence-electron chi connectivity index (χ3n) is 4.88. The monoisotopic (exact) mass is 370 g/mol. The third-order valence-corrected chi connectivity index (χ3v) is 5.25. The lowest BCUT2D eigenvalue weighted by Crippen LogP contribution is -2.44. The molecule has 2 aromatic rings. The molecule has 1 fully saturated rings. The van der Waals surface area contributed by atoms with Crippen molar-refractivity contribution in [2.24, 2.45) is 5.41 Å². The number of nitrogens with one attached hydrogen (secondary N) is 1. The number of halogens is 1. The summed E-state index contributed by atoms with van der Waals surface area (Å²) in [7, 11) is 0. The first-order chi connectivity index (χ1) is 12.6. The van der Waals surface area contributed by atoms with Crippen LogP contribution >= 0.6 is 11.6 Å². The number of carbonyl (C=O) groups is 2. The highest BCUT2D eigenvalue weighted by atomic mass is 35.5. The Labute approximate surface area is 159 Å². The lowest BCUT2D eigenvalue weighted by Gasteiger charge is -2.26. The van der Waals surface area contributed by atoms with E-state index in [0.717, 1.165) is 11.1 Å². The summed E-state index contributed by atoms with van der Waals surface area (Å²) in [5, 5.41) is 3.51. The van der Waals surface area contributed by atoms with Crippen LogP contribution in [0.1, 0.15) is 30.9 Å². The molecule has 1 saturated carbocycles. The molecule has 0 saturated heterocycles. The number of hydrogen-bond acceptors (Lipinski definition) is 2. The van der Waals surface area contributed by atoms with Gasteiger partial charge in [0.25, 0.3) is 0 Å². The molecule has 0 aromatic heterocycles. The topological polar surface area (TPSA) is 49.4 Å². The van der Waals surface area contributed by atoms with E-state index in [1.54, 1.807) is 11.0 Å². The summed E-state index contributed by atoms with van der Waals surface area (Å²) in [5.74, 6) is -0.283. The predicted molar refractivity (Wildman–Crippen MR) is 102 cm³/mol. The molecule has 0 bridgehead atoms. The summed E-state index contributed by atoms with van der Waals surface area (Å²) < 4.78 is 0. The molecular weight excluding hydrogens is 348 g/mol. The second-order valence-electron chi connectivity index (χ2n) is 6.66. The van der Waals surface area contributed by atoms with E-state index in [2.05, 4.69) is 5.32 Å². The minimum absolute atomic E-state index is 0.0829. The summed E-state index contributed by atoms with van der Waals surface area (Å²) >= 11 is 6.14. The van der Waals surface area contributed by atoms with Crippen LogP contribution in [0.4, 0.5) is 0 Å². The fraction of sp³-hybridized carbons (Fsp3) is 0.333. The molecule has 0 radical (unpaired) electrons. The normalized spacial score (nSPS) is 14.5. The Balaban J connectivity index is 1.65. The molecule has 1 aliphatic rings. The number of hydrogen-bond donors (Lipinski definition) is 1. The van der Waals surface area contributed by atoms with Crippen LogP contribution in [-0.2, 0) is 22.7 Å². The Bertz CT molecular complexity index is 788. The van der Waals surface area contributed by atoms with E-state index in [1.807, 2.05) is 55.5 Å². The van der Waals surface area contributed by atoms with Crippen molar-refractivity contribution in [3.63, 3.8) is 0 Å². The molecule has 0 aliphatic heterocycles. The molecule has 0 unspecified atom stereocenters. The molecule has 1 aliphatic carbocycles. The van der Waals surface area contributed by atoms with E-state index in [1.165, 1.54) is 0 Å². The van der Waals surface area contributed by atoms with Crippen molar-refractivity contribution in [2.75, 3.05) is 6.54 Å². The molecule has 4 nitrogen and oxygen atoms in total. The molecule has 2 amide bonds. The van der Waals surface area contributed by atoms with Gasteiger partial charge in [0.1, 0.15) is 5.41 Å². The molecule has 2 aromatic carbocycles. The smallest absolute Gasteiger partial charge is 0.238 e. The molecule has 5 heteroatoms. The zero-order chi connectivity index (χ0) is 18.6. The predicted octanol–water partition coefficient (Wildman–Crippen LogP) is 3.79. The summed E-state index contributed by atoms with van der Waals surface area (Å²) in [6, 6.07) is 17.2. The third kappa shape index (κ3) is 3.91. The summed E-state index contributed by atoms with van der Waals surface area (Å²) in [6.07, 6.45) is 1.21. The van der Waals surface area contributed by atoms with Crippen molar-refractivity contribution < 1.29 is 9.59 Å². The molecule has 0 spiro atoms. The second kappa shape index (κ2) is 7.92. The van der Waals surface area contributed by atoms with Gasteiger partial charge < -0.3 is 10.2 Å². The van der Waals surface area contributed by atoms with E-state index in [4.69, 9.17) is 11.6 Å². The first-order valence-corrected chi connectivity index (χ1v) is 9.29. The average molecular weight is 371 g/mol. The van der Waals surface area contributed by atoms with Crippen LogP contribution in [-0.4, -0.2) is 23.3 Å². The SMILES string of the molecule is CCN(Cc1ccccc1)C(=O)C1(C(=O)NCc2ccccc2Cl)CC1. The minimum Gasteiger partial charge on any atom is -0.351 e. The van der Waals surface area contributed by atoms with Gasteiger partial charge in [-0.05, 0) is 37.0 Å². The standard InChI is InChI=1S/C21H23ClN2O2/c1-2-24(15-16-8-4-3-5-9-16)20(26)21(12-13-21)19(25)23-14-17-10-6-7-11-18(17)22/h3-11H,2,12-15H2,1H3,(H,23,25). The van der Waals surface area contributed by atoms with Gasteiger partial charge in [0.05, 0.1) is 0 Å². The highest BCUT2D eigenvalue weighted by molar-refractivity contribution is 6.31. The van der Waals surface area contributed by atoms with E-state index in [-0.39, 0.29) is 11.8 Å². The number of benzene rings is 2. The summed E-state index contributed by atoms with van der Waals surface area (Å²) in [6.45, 7) is 3.37. The van der Waals surface area contributed by atoms with E-state index >= 15 is 0 Å². The van der Waals surface area contributed by atoms with E-state index in [0.29, 0.717) is 37.5 Å². The fourth-order valence-corrected chi connectivity index (χ4v) is 3.29. The van der Waals surface area contributed by atoms with Gasteiger partial charge in [0.15, 0.2) is 0 Å². The lowest BCUT2D eigenvalue weighted by molar-refractivity contribution is -0.144. The Hall–Kier alpha value is -2.33. The van der Waals surface area contributed by atoms with Crippen molar-refractivity contribution in [3.05, 3.63) is 70.7 Å². The molecule has 3 rings (SSSR count). The Morgan fingerprint density at radius 3 is 2.35 bits per heavy atom. The number of amides is 2. The molecule has 136 valence electrons. The largest absolute Gasteiger partial charge is 0.351 e. The van der Waals surface area contributed by atoms with Crippen molar-refractivity contribution >= 4 is 23.4 Å². The van der Waals surface area contributed by atoms with Gasteiger partial charge in [0, 0.05) is 24.7 Å². The van der Waals surface area contributed by atoms with Gasteiger partial charge in [-0.3, -0.25) is 9.59 Å². The van der Waals surface area contributed by atoms with Gasteiger partial charge >= 0.3 is 0 Å². The Kier molecular flexibility index (Phi) is 5.62. The van der Waals surface area contributed by atoms with Crippen molar-refractivity contribution in [2.45, 2.75) is 32.9 Å². The number of carbonyl (C=O) groups excluding carboxylic acids is 2. The van der Waals surface area contributed by atoms with Gasteiger partial charge in [0.2, 0.25) is 11.8 Å². The van der Waals surface area contributed by atoms with Crippen LogP contribution in [0.25, 0.3) is 0 Å². The van der Waals surface area contributed by atoms with Gasteiger partial charge in [-0.2, -0.15) is 0 Å². The highest BCUT2D eigenvalue weighted by Crippen LogP contribution is 2.47. The summed E-state index contributed by atoms with van der Waals surface area (Å²) in [5.41, 5.74) is 1.00. The molecular formula is C21H23ClN2O2. The van der Waals surface area contributed by atoms with Crippen LogP contribution < -0.4 is 5.32 Å². The maximum absolute atomic E-state index is 13.0. The van der Waals surface area contributed by atoms with Gasteiger partial charge in [-0.1, -0.05) is 60.1 Å². The Morgan fingerprint density at radius 2 is 1.73 bits per heavy atom. The second-order valence-corrected chi connectivity index (χ2v) is 7.07. The van der Waals surface area contributed by atoms with E-state index in [9.17, 15) is 9.59 Å². The zero-order valence-electron chi connectivity index (χ0n) is 14.9. The Morgan fingerprint density at radius 1 is 1.08 bits per heavy atom. The maximum atomic E-state index is 13.0. The van der Waals surface area contributed by atoms with Gasteiger partial charge in [-0.15, -0.1) is 0 Å². The summed E-state index contributed by atoms with van der Waals surface area (Å²) in [4.78, 5) is 27.5. The first kappa shape index (κ1) is 18.5. The molecule has 0 atom stereocenters. The van der Waals surface area contributed by atoms with Crippen molar-refractivity contribution in [1.29, 1.82) is 0 Å². The van der Waals surface area contributed by atoms with Crippen LogP contribution in [0.2, 0.25) is 5.02 Å². The molecule has 1 N–H and O–H groups in total. The van der Waals surface area contributed by atoms with E-state index < -0.39 is 5.41 Å². The maximum Gasteiger partial charge on any atom is 0.238 e. The average Bonchev–Trinajstić information content (AvgIpc) is 3.47. The van der Waals surface area contributed by atoms with Crippen LogP contribution in [0.5, 0.6) is 0 Å². The van der Waals surface area contributed by atoms with Crippen molar-refractivity contribution in [1.82, 2.24) is 10.2 Å². The quantitative estimate of drug-likeness (QED) is 0.754. The minimum atomic E-state index is -0.911. The van der Waals surface area contributed by atoms with Gasteiger partial charge in [-0.25, -0.2) is 0 Å². The first-order valence-electron chi connectivity index (χ1n) is 8.92. The molecule has 0 heterocycles. The van der Waals surface area contributed by atoms with Crippen LogP contribution in [0.15, 0.2) is 54.6 Å². The number of nitrogens with zero attached hydrogens (tertiary/aromatic N) is 1. The van der Waals surface area contributed by atoms with Crippen molar-refractivity contribution in [3.8, 4) is 0 Å². The fourth-order valence-electron chi connectivity index (χ4n) is 3.08. The number of rotatable bonds is 7. The van der Waals surface area contributed by atoms with Crippen LogP contribution in [0.3, 0.4) is 0 Å². The molecule has 26 heavy (non-hydrogen) atoms. The van der Waals surface area contributed by atoms with Crippen LogP contribution in [0, 0.1) is 5.41 Å². The lowest BCUT2D eigenvalue weighted by atomic mass is 10.0.